The molecular formula is C14H20N2O3. The Kier molecular flexibility index (Phi) is 4.74. The van der Waals surface area contributed by atoms with E-state index < -0.39 is 0 Å². The van der Waals surface area contributed by atoms with Crippen molar-refractivity contribution in [3.05, 3.63) is 24.0 Å². The van der Waals surface area contributed by atoms with Crippen molar-refractivity contribution >= 4 is 5.91 Å². The van der Waals surface area contributed by atoms with E-state index in [0.29, 0.717) is 25.5 Å². The van der Waals surface area contributed by atoms with Gasteiger partial charge in [-0.2, -0.15) is 0 Å². The van der Waals surface area contributed by atoms with Crippen molar-refractivity contribution in [3.8, 4) is 5.75 Å². The maximum atomic E-state index is 12.1. The minimum Gasteiger partial charge on any atom is -0.497 e. The fourth-order valence-electron chi connectivity index (χ4n) is 2.15. The van der Waals surface area contributed by atoms with Crippen LogP contribution in [0.25, 0.3) is 0 Å². The predicted molar refractivity (Wildman–Crippen MR) is 70.8 cm³/mol. The lowest BCUT2D eigenvalue weighted by Crippen LogP contribution is -2.28. The third kappa shape index (κ3) is 3.92. The van der Waals surface area contributed by atoms with Crippen LogP contribution in [0, 0.1) is 5.92 Å². The summed E-state index contributed by atoms with van der Waals surface area (Å²) in [5, 5.41) is 0. The first-order valence-corrected chi connectivity index (χ1v) is 6.49. The molecule has 1 saturated heterocycles. The van der Waals surface area contributed by atoms with E-state index in [2.05, 4.69) is 4.98 Å². The monoisotopic (exact) mass is 264 g/mol. The number of pyridine rings is 1. The number of aromatic nitrogens is 1. The summed E-state index contributed by atoms with van der Waals surface area (Å²) < 4.78 is 10.4. The molecule has 5 heteroatoms. The van der Waals surface area contributed by atoms with Gasteiger partial charge in [0.2, 0.25) is 5.91 Å². The van der Waals surface area contributed by atoms with Crippen LogP contribution in [0.2, 0.25) is 0 Å². The summed E-state index contributed by atoms with van der Waals surface area (Å²) in [6, 6.07) is 3.64. The van der Waals surface area contributed by atoms with Crippen LogP contribution in [0.4, 0.5) is 0 Å². The summed E-state index contributed by atoms with van der Waals surface area (Å²) in [7, 11) is 3.42. The van der Waals surface area contributed by atoms with Crippen LogP contribution in [0.3, 0.4) is 0 Å². The van der Waals surface area contributed by atoms with Crippen LogP contribution in [0.5, 0.6) is 5.75 Å². The van der Waals surface area contributed by atoms with Gasteiger partial charge in [0.05, 0.1) is 19.3 Å². The van der Waals surface area contributed by atoms with Gasteiger partial charge in [-0.3, -0.25) is 9.78 Å². The first-order valence-electron chi connectivity index (χ1n) is 6.49. The Bertz CT molecular complexity index is 430. The lowest BCUT2D eigenvalue weighted by atomic mass is 10.0. The van der Waals surface area contributed by atoms with Crippen molar-refractivity contribution in [2.45, 2.75) is 19.4 Å². The highest BCUT2D eigenvalue weighted by molar-refractivity contribution is 5.76. The second-order valence-corrected chi connectivity index (χ2v) is 4.87. The maximum absolute atomic E-state index is 12.1. The highest BCUT2D eigenvalue weighted by Gasteiger charge is 2.21. The summed E-state index contributed by atoms with van der Waals surface area (Å²) in [6.45, 7) is 1.99. The van der Waals surface area contributed by atoms with Gasteiger partial charge in [0.15, 0.2) is 0 Å². The van der Waals surface area contributed by atoms with Gasteiger partial charge in [-0.15, -0.1) is 0 Å². The molecule has 1 aliphatic heterocycles. The lowest BCUT2D eigenvalue weighted by molar-refractivity contribution is -0.131. The van der Waals surface area contributed by atoms with Crippen LogP contribution >= 0.6 is 0 Å². The Labute approximate surface area is 113 Å². The topological polar surface area (TPSA) is 51.7 Å². The van der Waals surface area contributed by atoms with Gasteiger partial charge < -0.3 is 14.4 Å². The number of hydrogen-bond acceptors (Lipinski definition) is 4. The number of carbonyl (C=O) groups excluding carboxylic acids is 1. The van der Waals surface area contributed by atoms with E-state index in [1.54, 1.807) is 31.3 Å². The lowest BCUT2D eigenvalue weighted by Gasteiger charge is -2.18. The standard InChI is InChI=1S/C14H20N2O3/c1-16(14(17)7-11-4-6-19-10-11)9-12-8-13(18-2)3-5-15-12/h3,5,8,11H,4,6-7,9-10H2,1-2H3/t11-/m1/s1. The summed E-state index contributed by atoms with van der Waals surface area (Å²) in [4.78, 5) is 18.0. The van der Waals surface area contributed by atoms with Crippen molar-refractivity contribution in [2.24, 2.45) is 5.92 Å². The van der Waals surface area contributed by atoms with E-state index in [1.807, 2.05) is 6.07 Å². The Morgan fingerprint density at radius 2 is 2.47 bits per heavy atom. The highest BCUT2D eigenvalue weighted by Crippen LogP contribution is 2.18. The third-order valence-corrected chi connectivity index (χ3v) is 3.34. The van der Waals surface area contributed by atoms with E-state index >= 15 is 0 Å². The normalized spacial score (nSPS) is 18.3. The minimum absolute atomic E-state index is 0.139. The molecule has 1 aliphatic rings. The predicted octanol–water partition coefficient (Wildman–Crippen LogP) is 1.48. The van der Waals surface area contributed by atoms with E-state index in [0.717, 1.165) is 24.5 Å². The molecule has 1 aromatic rings. The van der Waals surface area contributed by atoms with Gasteiger partial charge in [-0.05, 0) is 18.4 Å². The molecule has 2 rings (SSSR count). The Hall–Kier alpha value is -1.62. The first-order chi connectivity index (χ1) is 9.19. The molecule has 1 amide bonds. The van der Waals surface area contributed by atoms with Gasteiger partial charge in [0.1, 0.15) is 5.75 Å². The summed E-state index contributed by atoms with van der Waals surface area (Å²) in [5.41, 5.74) is 0.831. The van der Waals surface area contributed by atoms with E-state index in [4.69, 9.17) is 9.47 Å². The fourth-order valence-corrected chi connectivity index (χ4v) is 2.15. The van der Waals surface area contributed by atoms with Gasteiger partial charge in [-0.1, -0.05) is 0 Å². The summed E-state index contributed by atoms with van der Waals surface area (Å²) in [6.07, 6.45) is 3.23. The SMILES string of the molecule is COc1ccnc(CN(C)C(=O)C[C@H]2CCOC2)c1. The molecule has 5 nitrogen and oxygen atoms in total. The van der Waals surface area contributed by atoms with Crippen molar-refractivity contribution in [2.75, 3.05) is 27.4 Å². The second kappa shape index (κ2) is 6.52. The van der Waals surface area contributed by atoms with Crippen LogP contribution in [0.15, 0.2) is 18.3 Å². The van der Waals surface area contributed by atoms with Gasteiger partial charge in [-0.25, -0.2) is 0 Å². The molecule has 0 spiro atoms. The second-order valence-electron chi connectivity index (χ2n) is 4.87. The molecule has 19 heavy (non-hydrogen) atoms. The number of carbonyl (C=O) groups is 1. The van der Waals surface area contributed by atoms with Crippen LogP contribution in [-0.2, 0) is 16.1 Å². The Morgan fingerprint density at radius 1 is 1.63 bits per heavy atom. The average Bonchev–Trinajstić information content (AvgIpc) is 2.91. The zero-order valence-corrected chi connectivity index (χ0v) is 11.5. The highest BCUT2D eigenvalue weighted by atomic mass is 16.5. The number of hydrogen-bond donors (Lipinski definition) is 0. The largest absolute Gasteiger partial charge is 0.497 e. The Morgan fingerprint density at radius 3 is 3.16 bits per heavy atom. The van der Waals surface area contributed by atoms with E-state index in [9.17, 15) is 4.79 Å². The average molecular weight is 264 g/mol. The van der Waals surface area contributed by atoms with E-state index in [-0.39, 0.29) is 5.91 Å². The number of methoxy groups -OCH3 is 1. The Balaban J connectivity index is 1.88. The molecule has 0 aromatic carbocycles. The molecule has 1 fully saturated rings. The summed E-state index contributed by atoms with van der Waals surface area (Å²) in [5.74, 6) is 1.27. The van der Waals surface area contributed by atoms with Crippen LogP contribution in [-0.4, -0.2) is 43.2 Å². The zero-order valence-electron chi connectivity index (χ0n) is 11.5. The van der Waals surface area contributed by atoms with Crippen molar-refractivity contribution in [3.63, 3.8) is 0 Å². The molecule has 0 saturated carbocycles. The zero-order chi connectivity index (χ0) is 13.7. The minimum atomic E-state index is 0.139. The molecule has 0 bridgehead atoms. The number of amides is 1. The van der Waals surface area contributed by atoms with Crippen molar-refractivity contribution < 1.29 is 14.3 Å². The first kappa shape index (κ1) is 13.8. The van der Waals surface area contributed by atoms with E-state index in [1.165, 1.54) is 0 Å². The molecule has 0 N–H and O–H groups in total. The number of ether oxygens (including phenoxy) is 2. The molecular weight excluding hydrogens is 244 g/mol. The molecule has 104 valence electrons. The van der Waals surface area contributed by atoms with Crippen molar-refractivity contribution in [1.29, 1.82) is 0 Å². The van der Waals surface area contributed by atoms with Crippen LogP contribution < -0.4 is 4.74 Å². The van der Waals surface area contributed by atoms with Crippen LogP contribution in [0.1, 0.15) is 18.5 Å². The fraction of sp³-hybridized carbons (Fsp3) is 0.571. The summed E-state index contributed by atoms with van der Waals surface area (Å²) >= 11 is 0. The molecule has 0 aliphatic carbocycles. The number of rotatable bonds is 5. The van der Waals surface area contributed by atoms with Gasteiger partial charge >= 0.3 is 0 Å². The van der Waals surface area contributed by atoms with Gasteiger partial charge in [0, 0.05) is 38.9 Å². The van der Waals surface area contributed by atoms with Gasteiger partial charge in [0.25, 0.3) is 0 Å². The molecule has 1 aromatic heterocycles. The number of nitrogens with zero attached hydrogens (tertiary/aromatic N) is 2. The smallest absolute Gasteiger partial charge is 0.223 e. The van der Waals surface area contributed by atoms with Crippen molar-refractivity contribution in [1.82, 2.24) is 9.88 Å². The quantitative estimate of drug-likeness (QED) is 0.808. The molecule has 0 unspecified atom stereocenters. The maximum Gasteiger partial charge on any atom is 0.223 e. The third-order valence-electron chi connectivity index (χ3n) is 3.34. The molecule has 2 heterocycles. The molecule has 0 radical (unpaired) electrons. The molecule has 1 atom stereocenters.